The van der Waals surface area contributed by atoms with Gasteiger partial charge in [0.05, 0.1) is 4.92 Å². The van der Waals surface area contributed by atoms with Crippen molar-refractivity contribution in [3.63, 3.8) is 0 Å². The fourth-order valence-electron chi connectivity index (χ4n) is 1.26. The maximum absolute atomic E-state index is 10.9. The van der Waals surface area contributed by atoms with E-state index in [9.17, 15) is 10.1 Å². The van der Waals surface area contributed by atoms with Crippen molar-refractivity contribution in [2.24, 2.45) is 0 Å². The molecule has 5 nitrogen and oxygen atoms in total. The topological polar surface area (TPSA) is 78.4 Å². The fraction of sp³-hybridized carbons (Fsp3) is 0.250. The van der Waals surface area contributed by atoms with Crippen LogP contribution in [0.5, 0.6) is 5.75 Å². The van der Waals surface area contributed by atoms with E-state index in [1.807, 2.05) is 26.8 Å². The number of hydrogen-bond acceptors (Lipinski definition) is 4. The van der Waals surface area contributed by atoms with E-state index in [1.165, 1.54) is 12.1 Å². The number of anilines is 1. The Bertz CT molecular complexity index is 587. The molecule has 0 atom stereocenters. The van der Waals surface area contributed by atoms with Crippen molar-refractivity contribution in [1.29, 1.82) is 0 Å². The molecule has 0 fully saturated rings. The van der Waals surface area contributed by atoms with Crippen molar-refractivity contribution in [2.45, 2.75) is 27.7 Å². The Kier molecular flexibility index (Phi) is 8.78. The molecule has 2 N–H and O–H groups in total. The van der Waals surface area contributed by atoms with Crippen molar-refractivity contribution in [3.05, 3.63) is 52.3 Å². The van der Waals surface area contributed by atoms with E-state index in [0.717, 1.165) is 0 Å². The van der Waals surface area contributed by atoms with E-state index >= 15 is 0 Å². The highest BCUT2D eigenvalue weighted by Crippen LogP contribution is 2.33. The standard InChI is InChI=1S/C12H14N2O3.C4H6/c1-3-4-6-9(2)17-11-8-5-7-10(13)12(11)14(15)16;1-3-4-2/h3-8H,13H2,1-2H3;1-2H3/b4-3-,9-6+;. The van der Waals surface area contributed by atoms with Crippen LogP contribution in [-0.4, -0.2) is 4.92 Å². The molecular weight excluding hydrogens is 268 g/mol. The van der Waals surface area contributed by atoms with E-state index in [1.54, 1.807) is 25.1 Å². The number of nitrogens with two attached hydrogens (primary N) is 1. The van der Waals surface area contributed by atoms with Gasteiger partial charge in [-0.25, -0.2) is 0 Å². The first-order valence-corrected chi connectivity index (χ1v) is 6.31. The van der Waals surface area contributed by atoms with Crippen LogP contribution >= 0.6 is 0 Å². The number of nitro benzene ring substituents is 1. The molecule has 0 saturated heterocycles. The molecule has 5 heteroatoms. The highest BCUT2D eigenvalue weighted by molar-refractivity contribution is 5.65. The van der Waals surface area contributed by atoms with Gasteiger partial charge < -0.3 is 10.5 Å². The van der Waals surface area contributed by atoms with Crippen molar-refractivity contribution in [1.82, 2.24) is 0 Å². The monoisotopic (exact) mass is 288 g/mol. The van der Waals surface area contributed by atoms with Gasteiger partial charge in [0, 0.05) is 0 Å². The summed E-state index contributed by atoms with van der Waals surface area (Å²) in [5.41, 5.74) is 5.42. The van der Waals surface area contributed by atoms with Crippen LogP contribution in [0.4, 0.5) is 11.4 Å². The molecule has 0 aliphatic rings. The van der Waals surface area contributed by atoms with E-state index < -0.39 is 4.92 Å². The minimum Gasteiger partial charge on any atom is -0.455 e. The van der Waals surface area contributed by atoms with Gasteiger partial charge in [-0.3, -0.25) is 10.1 Å². The lowest BCUT2D eigenvalue weighted by Gasteiger charge is -2.07. The molecule has 0 aliphatic carbocycles. The summed E-state index contributed by atoms with van der Waals surface area (Å²) in [4.78, 5) is 10.3. The number of nitrogen functional groups attached to an aromatic ring is 1. The predicted molar refractivity (Wildman–Crippen MR) is 85.8 cm³/mol. The molecule has 0 spiro atoms. The number of benzene rings is 1. The van der Waals surface area contributed by atoms with Crippen LogP contribution in [0, 0.1) is 22.0 Å². The number of rotatable bonds is 4. The van der Waals surface area contributed by atoms with Crippen LogP contribution < -0.4 is 10.5 Å². The van der Waals surface area contributed by atoms with Gasteiger partial charge in [0.25, 0.3) is 0 Å². The highest BCUT2D eigenvalue weighted by atomic mass is 16.6. The Morgan fingerprint density at radius 1 is 1.38 bits per heavy atom. The smallest absolute Gasteiger partial charge is 0.334 e. The van der Waals surface area contributed by atoms with Crippen LogP contribution in [0.15, 0.2) is 42.2 Å². The Morgan fingerprint density at radius 3 is 2.48 bits per heavy atom. The molecule has 0 aliphatic heterocycles. The first-order chi connectivity index (χ1) is 9.97. The molecule has 1 aromatic carbocycles. The van der Waals surface area contributed by atoms with Gasteiger partial charge in [0.2, 0.25) is 5.75 Å². The second kappa shape index (κ2) is 10.1. The predicted octanol–water partition coefficient (Wildman–Crippen LogP) is 4.07. The Balaban J connectivity index is 0.000000885. The van der Waals surface area contributed by atoms with E-state index in [2.05, 4.69) is 11.8 Å². The van der Waals surface area contributed by atoms with Crippen molar-refractivity contribution in [2.75, 3.05) is 5.73 Å². The summed E-state index contributed by atoms with van der Waals surface area (Å²) >= 11 is 0. The summed E-state index contributed by atoms with van der Waals surface area (Å²) in [6, 6.07) is 4.60. The molecule has 0 aromatic heterocycles. The lowest BCUT2D eigenvalue weighted by Crippen LogP contribution is -2.00. The zero-order valence-electron chi connectivity index (χ0n) is 12.7. The summed E-state index contributed by atoms with van der Waals surface area (Å²) in [7, 11) is 0. The minimum absolute atomic E-state index is 0.0892. The second-order valence-electron chi connectivity index (χ2n) is 3.86. The van der Waals surface area contributed by atoms with E-state index in [0.29, 0.717) is 5.76 Å². The average molecular weight is 288 g/mol. The third kappa shape index (κ3) is 6.83. The molecule has 0 radical (unpaired) electrons. The molecular formula is C16H20N2O3. The van der Waals surface area contributed by atoms with Crippen LogP contribution in [-0.2, 0) is 0 Å². The molecule has 0 saturated carbocycles. The maximum Gasteiger partial charge on any atom is 0.334 e. The summed E-state index contributed by atoms with van der Waals surface area (Å²) < 4.78 is 5.38. The highest BCUT2D eigenvalue weighted by Gasteiger charge is 2.19. The summed E-state index contributed by atoms with van der Waals surface area (Å²) in [6.07, 6.45) is 5.33. The maximum atomic E-state index is 10.9. The third-order valence-corrected chi connectivity index (χ3v) is 2.26. The number of nitro groups is 1. The van der Waals surface area contributed by atoms with E-state index in [4.69, 9.17) is 10.5 Å². The SMILES string of the molecule is C/C=C\C=C(/C)Oc1cccc(N)c1[N+](=O)[O-].CC#CC. The van der Waals surface area contributed by atoms with Crippen molar-refractivity contribution >= 4 is 11.4 Å². The molecule has 112 valence electrons. The van der Waals surface area contributed by atoms with Crippen molar-refractivity contribution < 1.29 is 9.66 Å². The first-order valence-electron chi connectivity index (χ1n) is 6.31. The molecule has 1 rings (SSSR count). The van der Waals surface area contributed by atoms with Gasteiger partial charge in [0.15, 0.2) is 0 Å². The van der Waals surface area contributed by atoms with Gasteiger partial charge in [-0.2, -0.15) is 0 Å². The van der Waals surface area contributed by atoms with Gasteiger partial charge in [0.1, 0.15) is 11.4 Å². The lowest BCUT2D eigenvalue weighted by molar-refractivity contribution is -0.384. The lowest BCUT2D eigenvalue weighted by atomic mass is 10.2. The first kappa shape index (κ1) is 18.3. The summed E-state index contributed by atoms with van der Waals surface area (Å²) in [6.45, 7) is 7.22. The average Bonchev–Trinajstić information content (AvgIpc) is 2.45. The number of allylic oxidation sites excluding steroid dienone is 4. The van der Waals surface area contributed by atoms with E-state index in [-0.39, 0.29) is 17.1 Å². The number of hydrogen-bond donors (Lipinski definition) is 1. The second-order valence-corrected chi connectivity index (χ2v) is 3.86. The minimum atomic E-state index is -0.548. The van der Waals surface area contributed by atoms with Crippen molar-refractivity contribution in [3.8, 4) is 17.6 Å². The molecule has 0 heterocycles. The fourth-order valence-corrected chi connectivity index (χ4v) is 1.26. The Morgan fingerprint density at radius 2 is 2.00 bits per heavy atom. The van der Waals surface area contributed by atoms with Gasteiger partial charge in [-0.1, -0.05) is 18.2 Å². The summed E-state index contributed by atoms with van der Waals surface area (Å²) in [5, 5.41) is 10.9. The van der Waals surface area contributed by atoms with Crippen LogP contribution in [0.1, 0.15) is 27.7 Å². The number of ether oxygens (including phenoxy) is 1. The molecule has 0 unspecified atom stereocenters. The molecule has 1 aromatic rings. The molecule has 21 heavy (non-hydrogen) atoms. The van der Waals surface area contributed by atoms with Crippen LogP contribution in [0.3, 0.4) is 0 Å². The number of nitrogens with zero attached hydrogens (tertiary/aromatic N) is 1. The van der Waals surface area contributed by atoms with Gasteiger partial charge in [-0.05, 0) is 45.9 Å². The molecule has 0 amide bonds. The zero-order valence-corrected chi connectivity index (χ0v) is 12.7. The zero-order chi connectivity index (χ0) is 16.3. The van der Waals surface area contributed by atoms with Crippen LogP contribution in [0.2, 0.25) is 0 Å². The largest absolute Gasteiger partial charge is 0.455 e. The Labute approximate surface area is 125 Å². The van der Waals surface area contributed by atoms with Gasteiger partial charge >= 0.3 is 5.69 Å². The normalized spacial score (nSPS) is 10.2. The molecule has 0 bridgehead atoms. The number of para-hydroxylation sites is 1. The summed E-state index contributed by atoms with van der Waals surface area (Å²) in [5.74, 6) is 6.06. The van der Waals surface area contributed by atoms with Gasteiger partial charge in [-0.15, -0.1) is 11.8 Å². The van der Waals surface area contributed by atoms with Crippen LogP contribution in [0.25, 0.3) is 0 Å². The third-order valence-electron chi connectivity index (χ3n) is 2.26. The Hall–Kier alpha value is -2.74. The quantitative estimate of drug-likeness (QED) is 0.226.